The monoisotopic (exact) mass is 266 g/mol. The third-order valence-electron chi connectivity index (χ3n) is 7.00. The molecule has 20 heavy (non-hydrogen) atoms. The molecule has 5 aliphatic rings. The summed E-state index contributed by atoms with van der Waals surface area (Å²) in [7, 11) is 0. The number of fused-ring (bicyclic) bond motifs is 1. The summed E-state index contributed by atoms with van der Waals surface area (Å²) in [5.74, 6) is 3.20. The first-order valence-electron chi connectivity index (χ1n) is 8.93. The van der Waals surface area contributed by atoms with Crippen LogP contribution in [0.25, 0.3) is 0 Å². The summed E-state index contributed by atoms with van der Waals surface area (Å²) in [6.45, 7) is 0. The second-order valence-electron chi connectivity index (χ2n) is 8.39. The maximum absolute atomic E-state index is 2.64. The van der Waals surface area contributed by atoms with Crippen molar-refractivity contribution >= 4 is 0 Å². The summed E-state index contributed by atoms with van der Waals surface area (Å²) in [5.41, 5.74) is 5.69. The molecule has 0 spiro atoms. The molecule has 0 radical (unpaired) electrons. The fraction of sp³-hybridized carbons (Fsp3) is 0.700. The molecule has 0 heteroatoms. The van der Waals surface area contributed by atoms with Gasteiger partial charge in [0.25, 0.3) is 0 Å². The van der Waals surface area contributed by atoms with Gasteiger partial charge in [0.05, 0.1) is 0 Å². The molecule has 0 nitrogen and oxygen atoms in total. The van der Waals surface area contributed by atoms with Gasteiger partial charge in [-0.15, -0.1) is 0 Å². The van der Waals surface area contributed by atoms with Crippen LogP contribution in [0.5, 0.6) is 0 Å². The van der Waals surface area contributed by atoms with Gasteiger partial charge in [0.2, 0.25) is 0 Å². The fourth-order valence-electron chi connectivity index (χ4n) is 6.53. The van der Waals surface area contributed by atoms with E-state index in [2.05, 4.69) is 18.2 Å². The van der Waals surface area contributed by atoms with Gasteiger partial charge in [-0.3, -0.25) is 0 Å². The van der Waals surface area contributed by atoms with Crippen molar-refractivity contribution < 1.29 is 0 Å². The van der Waals surface area contributed by atoms with Crippen LogP contribution >= 0.6 is 0 Å². The maximum atomic E-state index is 2.64. The molecule has 0 atom stereocenters. The molecule has 1 aromatic rings. The average molecular weight is 266 g/mol. The normalized spacial score (nSPS) is 41.7. The zero-order valence-corrected chi connectivity index (χ0v) is 12.5. The Morgan fingerprint density at radius 1 is 0.750 bits per heavy atom. The number of hydrogen-bond acceptors (Lipinski definition) is 0. The molecular weight excluding hydrogens is 240 g/mol. The minimum atomic E-state index is 0.598. The predicted molar refractivity (Wildman–Crippen MR) is 82.9 cm³/mol. The Kier molecular flexibility index (Phi) is 2.44. The Morgan fingerprint density at radius 2 is 1.35 bits per heavy atom. The second-order valence-corrected chi connectivity index (χ2v) is 8.39. The van der Waals surface area contributed by atoms with Gasteiger partial charge in [-0.2, -0.15) is 0 Å². The van der Waals surface area contributed by atoms with Crippen LogP contribution in [0.4, 0.5) is 0 Å². The SMILES string of the molecule is c1cc2c(cc1C13CC4CC(CC(C4)C1)C3)CCCC2. The highest BCUT2D eigenvalue weighted by atomic mass is 14.6. The largest absolute Gasteiger partial charge is 0.0585 e. The van der Waals surface area contributed by atoms with E-state index in [9.17, 15) is 0 Å². The minimum Gasteiger partial charge on any atom is -0.0585 e. The molecule has 0 heterocycles. The van der Waals surface area contributed by atoms with Crippen LogP contribution < -0.4 is 0 Å². The van der Waals surface area contributed by atoms with Crippen molar-refractivity contribution in [3.8, 4) is 0 Å². The van der Waals surface area contributed by atoms with E-state index in [1.165, 1.54) is 44.9 Å². The quantitative estimate of drug-likeness (QED) is 0.668. The molecule has 0 N–H and O–H groups in total. The van der Waals surface area contributed by atoms with Crippen LogP contribution in [0, 0.1) is 17.8 Å². The van der Waals surface area contributed by atoms with Crippen LogP contribution in [-0.4, -0.2) is 0 Å². The lowest BCUT2D eigenvalue weighted by atomic mass is 9.48. The van der Waals surface area contributed by atoms with Crippen molar-refractivity contribution in [1.29, 1.82) is 0 Å². The third-order valence-corrected chi connectivity index (χ3v) is 7.00. The zero-order valence-electron chi connectivity index (χ0n) is 12.5. The summed E-state index contributed by atoms with van der Waals surface area (Å²) < 4.78 is 0. The van der Waals surface area contributed by atoms with Gasteiger partial charge in [0.15, 0.2) is 0 Å². The van der Waals surface area contributed by atoms with E-state index in [0.717, 1.165) is 17.8 Å². The van der Waals surface area contributed by atoms with Gasteiger partial charge in [-0.1, -0.05) is 18.2 Å². The molecule has 4 bridgehead atoms. The van der Waals surface area contributed by atoms with E-state index in [1.807, 2.05) is 0 Å². The van der Waals surface area contributed by atoms with Crippen molar-refractivity contribution in [2.75, 3.05) is 0 Å². The molecule has 5 aliphatic carbocycles. The van der Waals surface area contributed by atoms with E-state index < -0.39 is 0 Å². The van der Waals surface area contributed by atoms with E-state index >= 15 is 0 Å². The van der Waals surface area contributed by atoms with Crippen molar-refractivity contribution in [3.05, 3.63) is 34.9 Å². The standard InChI is InChI=1S/C20H26/c1-2-4-18-10-19(6-5-17(18)3-1)20-11-14-7-15(12-20)9-16(8-14)13-20/h5-6,10,14-16H,1-4,7-9,11-13H2. The predicted octanol–water partition coefficient (Wildman–Crippen LogP) is 5.03. The van der Waals surface area contributed by atoms with Crippen molar-refractivity contribution in [1.82, 2.24) is 0 Å². The van der Waals surface area contributed by atoms with Crippen molar-refractivity contribution in [2.24, 2.45) is 17.8 Å². The third kappa shape index (κ3) is 1.66. The zero-order chi connectivity index (χ0) is 13.2. The molecule has 1 aromatic carbocycles. The Labute approximate surface area is 123 Å². The van der Waals surface area contributed by atoms with Gasteiger partial charge in [-0.05, 0) is 104 Å². The van der Waals surface area contributed by atoms with Gasteiger partial charge in [0.1, 0.15) is 0 Å². The number of rotatable bonds is 1. The Balaban J connectivity index is 1.56. The first-order valence-corrected chi connectivity index (χ1v) is 8.93. The van der Waals surface area contributed by atoms with Gasteiger partial charge in [0, 0.05) is 0 Å². The lowest BCUT2D eigenvalue weighted by Crippen LogP contribution is -2.48. The highest BCUT2D eigenvalue weighted by molar-refractivity contribution is 5.39. The van der Waals surface area contributed by atoms with E-state index in [0.29, 0.717) is 5.41 Å². The summed E-state index contributed by atoms with van der Waals surface area (Å²) in [5, 5.41) is 0. The smallest absolute Gasteiger partial charge is 0.00390 e. The lowest BCUT2D eigenvalue weighted by Gasteiger charge is -2.57. The highest BCUT2D eigenvalue weighted by Crippen LogP contribution is 2.60. The molecule has 0 aromatic heterocycles. The molecule has 4 fully saturated rings. The van der Waals surface area contributed by atoms with Crippen molar-refractivity contribution in [2.45, 2.75) is 69.6 Å². The molecule has 0 unspecified atom stereocenters. The van der Waals surface area contributed by atoms with Crippen LogP contribution in [0.1, 0.15) is 68.1 Å². The van der Waals surface area contributed by atoms with E-state index in [1.54, 1.807) is 36.0 Å². The van der Waals surface area contributed by atoms with Gasteiger partial charge in [-0.25, -0.2) is 0 Å². The van der Waals surface area contributed by atoms with E-state index in [4.69, 9.17) is 0 Å². The molecule has 0 amide bonds. The highest BCUT2D eigenvalue weighted by Gasteiger charge is 2.51. The van der Waals surface area contributed by atoms with Gasteiger partial charge < -0.3 is 0 Å². The summed E-state index contributed by atoms with van der Waals surface area (Å²) in [6, 6.07) is 7.65. The summed E-state index contributed by atoms with van der Waals surface area (Å²) in [4.78, 5) is 0. The second kappa shape index (κ2) is 4.12. The maximum Gasteiger partial charge on any atom is -0.00390 e. The number of aryl methyl sites for hydroxylation is 2. The molecular formula is C20H26. The van der Waals surface area contributed by atoms with Crippen LogP contribution in [0.15, 0.2) is 18.2 Å². The number of benzene rings is 1. The van der Waals surface area contributed by atoms with E-state index in [-0.39, 0.29) is 0 Å². The molecule has 0 saturated heterocycles. The molecule has 106 valence electrons. The first-order chi connectivity index (χ1) is 9.81. The van der Waals surface area contributed by atoms with Crippen LogP contribution in [0.2, 0.25) is 0 Å². The summed E-state index contributed by atoms with van der Waals surface area (Å²) in [6.07, 6.45) is 14.7. The van der Waals surface area contributed by atoms with Crippen molar-refractivity contribution in [3.63, 3.8) is 0 Å². The van der Waals surface area contributed by atoms with Gasteiger partial charge >= 0.3 is 0 Å². The molecule has 6 rings (SSSR count). The Morgan fingerprint density at radius 3 is 2.00 bits per heavy atom. The topological polar surface area (TPSA) is 0 Å². The Bertz CT molecular complexity index is 504. The first kappa shape index (κ1) is 11.8. The lowest BCUT2D eigenvalue weighted by molar-refractivity contribution is -0.00523. The Hall–Kier alpha value is -0.780. The summed E-state index contributed by atoms with van der Waals surface area (Å²) >= 11 is 0. The van der Waals surface area contributed by atoms with Crippen LogP contribution in [0.3, 0.4) is 0 Å². The van der Waals surface area contributed by atoms with Crippen LogP contribution in [-0.2, 0) is 18.3 Å². The minimum absolute atomic E-state index is 0.598. The molecule has 4 saturated carbocycles. The fourth-order valence-corrected chi connectivity index (χ4v) is 6.53. The average Bonchev–Trinajstić information content (AvgIpc) is 2.45. The molecule has 0 aliphatic heterocycles. The number of hydrogen-bond donors (Lipinski definition) is 0.